The summed E-state index contributed by atoms with van der Waals surface area (Å²) in [5, 5.41) is 2.84. The first-order chi connectivity index (χ1) is 13.7. The number of piperidine rings is 1. The number of fused-ring (bicyclic) bond motifs is 1. The second-order valence-electron chi connectivity index (χ2n) is 7.52. The molecule has 1 N–H and O–H groups in total. The molecule has 146 valence electrons. The number of hydrogen-bond donors (Lipinski definition) is 1. The van der Waals surface area contributed by atoms with Crippen LogP contribution in [0.15, 0.2) is 42.5 Å². The number of likely N-dealkylation sites (tertiary alicyclic amines) is 1. The summed E-state index contributed by atoms with van der Waals surface area (Å²) in [5.74, 6) is 0.433. The fraction of sp³-hybridized carbons (Fsp3) is 0.391. The number of amides is 2. The molecule has 2 aromatic carbocycles. The van der Waals surface area contributed by atoms with Gasteiger partial charge in [-0.15, -0.1) is 0 Å². The highest BCUT2D eigenvalue weighted by Gasteiger charge is 2.21. The number of nitrogens with zero attached hydrogens (tertiary/aromatic N) is 1. The number of benzene rings is 2. The van der Waals surface area contributed by atoms with Crippen molar-refractivity contribution in [2.75, 3.05) is 25.0 Å². The Morgan fingerprint density at radius 3 is 2.57 bits per heavy atom. The third-order valence-electron chi connectivity index (χ3n) is 5.51. The quantitative estimate of drug-likeness (QED) is 0.860. The van der Waals surface area contributed by atoms with Crippen molar-refractivity contribution in [3.05, 3.63) is 59.2 Å². The molecule has 5 heteroatoms. The van der Waals surface area contributed by atoms with E-state index in [4.69, 9.17) is 4.74 Å². The number of para-hydroxylation sites is 1. The Hall–Kier alpha value is -2.82. The molecule has 0 spiro atoms. The van der Waals surface area contributed by atoms with E-state index >= 15 is 0 Å². The van der Waals surface area contributed by atoms with Gasteiger partial charge in [0.15, 0.2) is 6.61 Å². The summed E-state index contributed by atoms with van der Waals surface area (Å²) in [6.07, 6.45) is 6.62. The highest BCUT2D eigenvalue weighted by molar-refractivity contribution is 6.04. The Morgan fingerprint density at radius 1 is 0.929 bits per heavy atom. The molecule has 1 aliphatic carbocycles. The fourth-order valence-corrected chi connectivity index (χ4v) is 4.02. The van der Waals surface area contributed by atoms with Crippen molar-refractivity contribution in [1.29, 1.82) is 0 Å². The molecule has 0 bridgehead atoms. The van der Waals surface area contributed by atoms with Gasteiger partial charge in [-0.05, 0) is 73.9 Å². The normalized spacial score (nSPS) is 15.8. The lowest BCUT2D eigenvalue weighted by Crippen LogP contribution is -2.36. The Morgan fingerprint density at radius 2 is 1.71 bits per heavy atom. The lowest BCUT2D eigenvalue weighted by atomic mass is 10.1. The zero-order chi connectivity index (χ0) is 19.3. The van der Waals surface area contributed by atoms with Gasteiger partial charge in [0.05, 0.1) is 11.3 Å². The Balaban J connectivity index is 1.38. The molecule has 2 amide bonds. The molecule has 0 atom stereocenters. The molecule has 0 radical (unpaired) electrons. The number of aryl methyl sites for hydroxylation is 2. The van der Waals surface area contributed by atoms with E-state index < -0.39 is 0 Å². The predicted octanol–water partition coefficient (Wildman–Crippen LogP) is 3.82. The van der Waals surface area contributed by atoms with Crippen molar-refractivity contribution in [1.82, 2.24) is 4.90 Å². The van der Waals surface area contributed by atoms with E-state index in [0.717, 1.165) is 38.8 Å². The van der Waals surface area contributed by atoms with Crippen molar-refractivity contribution < 1.29 is 14.3 Å². The first kappa shape index (κ1) is 18.5. The van der Waals surface area contributed by atoms with Gasteiger partial charge in [0, 0.05) is 13.1 Å². The van der Waals surface area contributed by atoms with E-state index in [1.54, 1.807) is 12.1 Å². The van der Waals surface area contributed by atoms with Gasteiger partial charge in [0.1, 0.15) is 5.75 Å². The van der Waals surface area contributed by atoms with E-state index in [0.29, 0.717) is 17.0 Å². The van der Waals surface area contributed by atoms with E-state index in [1.165, 1.54) is 24.0 Å². The second kappa shape index (κ2) is 8.46. The number of nitrogens with one attached hydrogen (secondary N) is 1. The van der Waals surface area contributed by atoms with Gasteiger partial charge in [-0.2, -0.15) is 0 Å². The fourth-order valence-electron chi connectivity index (χ4n) is 4.02. The van der Waals surface area contributed by atoms with Gasteiger partial charge < -0.3 is 15.0 Å². The van der Waals surface area contributed by atoms with Gasteiger partial charge in [-0.3, -0.25) is 9.59 Å². The van der Waals surface area contributed by atoms with Crippen molar-refractivity contribution >= 4 is 17.5 Å². The number of rotatable bonds is 5. The smallest absolute Gasteiger partial charge is 0.262 e. The minimum Gasteiger partial charge on any atom is -0.484 e. The maximum absolute atomic E-state index is 12.8. The van der Waals surface area contributed by atoms with Gasteiger partial charge in [-0.25, -0.2) is 0 Å². The van der Waals surface area contributed by atoms with Crippen LogP contribution in [0.2, 0.25) is 0 Å². The van der Waals surface area contributed by atoms with Crippen LogP contribution in [0.4, 0.5) is 5.69 Å². The lowest BCUT2D eigenvalue weighted by Gasteiger charge is -2.27. The zero-order valence-corrected chi connectivity index (χ0v) is 16.1. The Labute approximate surface area is 165 Å². The molecule has 1 saturated heterocycles. The minimum absolute atomic E-state index is 0.0184. The summed E-state index contributed by atoms with van der Waals surface area (Å²) in [7, 11) is 0. The van der Waals surface area contributed by atoms with Crippen molar-refractivity contribution in [2.45, 2.75) is 38.5 Å². The molecule has 1 aliphatic heterocycles. The molecule has 0 saturated carbocycles. The summed E-state index contributed by atoms with van der Waals surface area (Å²) in [6, 6.07) is 13.2. The van der Waals surface area contributed by atoms with Crippen LogP contribution in [-0.4, -0.2) is 36.4 Å². The molecular formula is C23H26N2O3. The maximum Gasteiger partial charge on any atom is 0.262 e. The van der Waals surface area contributed by atoms with Crippen LogP contribution in [0.5, 0.6) is 5.75 Å². The van der Waals surface area contributed by atoms with Gasteiger partial charge in [-0.1, -0.05) is 18.2 Å². The largest absolute Gasteiger partial charge is 0.484 e. The first-order valence-electron chi connectivity index (χ1n) is 10.1. The zero-order valence-electron chi connectivity index (χ0n) is 16.1. The third kappa shape index (κ3) is 4.19. The number of carbonyl (C=O) groups is 2. The lowest BCUT2D eigenvalue weighted by molar-refractivity contribution is -0.118. The maximum atomic E-state index is 12.8. The monoisotopic (exact) mass is 378 g/mol. The summed E-state index contributed by atoms with van der Waals surface area (Å²) in [4.78, 5) is 27.1. The summed E-state index contributed by atoms with van der Waals surface area (Å²) in [6.45, 7) is 1.48. The molecule has 28 heavy (non-hydrogen) atoms. The first-order valence-corrected chi connectivity index (χ1v) is 10.1. The Kier molecular flexibility index (Phi) is 5.60. The SMILES string of the molecule is O=C(COc1ccc2c(c1)CCC2)Nc1ccccc1C(=O)N1CCCCC1. The molecule has 0 aromatic heterocycles. The highest BCUT2D eigenvalue weighted by atomic mass is 16.5. The van der Waals surface area contributed by atoms with Crippen molar-refractivity contribution in [3.8, 4) is 5.75 Å². The van der Waals surface area contributed by atoms with Gasteiger partial charge in [0.2, 0.25) is 0 Å². The van der Waals surface area contributed by atoms with Crippen LogP contribution in [0.3, 0.4) is 0 Å². The van der Waals surface area contributed by atoms with E-state index in [9.17, 15) is 9.59 Å². The summed E-state index contributed by atoms with van der Waals surface area (Å²) < 4.78 is 5.67. The predicted molar refractivity (Wildman–Crippen MR) is 109 cm³/mol. The molecule has 1 fully saturated rings. The molecular weight excluding hydrogens is 352 g/mol. The standard InChI is InChI=1S/C23H26N2O3/c26-22(16-28-19-12-11-17-7-6-8-18(17)15-19)24-21-10-3-2-9-20(21)23(27)25-13-4-1-5-14-25/h2-3,9-12,15H,1,4-8,13-14,16H2,(H,24,26). The molecule has 4 rings (SSSR count). The molecule has 2 aliphatic rings. The number of anilines is 1. The van der Waals surface area contributed by atoms with Crippen molar-refractivity contribution in [2.24, 2.45) is 0 Å². The minimum atomic E-state index is -0.264. The van der Waals surface area contributed by atoms with Gasteiger partial charge in [0.25, 0.3) is 11.8 Å². The molecule has 2 aromatic rings. The van der Waals surface area contributed by atoms with E-state index in [2.05, 4.69) is 11.4 Å². The number of ether oxygens (including phenoxy) is 1. The van der Waals surface area contributed by atoms with Crippen LogP contribution >= 0.6 is 0 Å². The molecule has 5 nitrogen and oxygen atoms in total. The van der Waals surface area contributed by atoms with Crippen LogP contribution in [0.25, 0.3) is 0 Å². The number of carbonyl (C=O) groups excluding carboxylic acids is 2. The van der Waals surface area contributed by atoms with Crippen molar-refractivity contribution in [3.63, 3.8) is 0 Å². The number of hydrogen-bond acceptors (Lipinski definition) is 3. The van der Waals surface area contributed by atoms with Crippen LogP contribution < -0.4 is 10.1 Å². The summed E-state index contributed by atoms with van der Waals surface area (Å²) in [5.41, 5.74) is 3.77. The highest BCUT2D eigenvalue weighted by Crippen LogP contribution is 2.26. The summed E-state index contributed by atoms with van der Waals surface area (Å²) >= 11 is 0. The molecule has 1 heterocycles. The van der Waals surface area contributed by atoms with Crippen LogP contribution in [0.1, 0.15) is 47.2 Å². The van der Waals surface area contributed by atoms with Crippen LogP contribution in [0, 0.1) is 0 Å². The van der Waals surface area contributed by atoms with E-state index in [1.807, 2.05) is 29.2 Å². The topological polar surface area (TPSA) is 58.6 Å². The average molecular weight is 378 g/mol. The van der Waals surface area contributed by atoms with Crippen LogP contribution in [-0.2, 0) is 17.6 Å². The Bertz CT molecular complexity index is 872. The third-order valence-corrected chi connectivity index (χ3v) is 5.51. The average Bonchev–Trinajstić information content (AvgIpc) is 3.21. The second-order valence-corrected chi connectivity index (χ2v) is 7.52. The van der Waals surface area contributed by atoms with E-state index in [-0.39, 0.29) is 18.4 Å². The molecule has 0 unspecified atom stereocenters. The van der Waals surface area contributed by atoms with Gasteiger partial charge >= 0.3 is 0 Å².